The number of carbonyl (C=O) groups excluding carboxylic acids is 2. The van der Waals surface area contributed by atoms with E-state index in [4.69, 9.17) is 0 Å². The monoisotopic (exact) mass is 436 g/mol. The van der Waals surface area contributed by atoms with Gasteiger partial charge in [-0.05, 0) is 55.4 Å². The first-order valence-electron chi connectivity index (χ1n) is 11.4. The smallest absolute Gasteiger partial charge is 0.318 e. The minimum atomic E-state index is -0.640. The molecule has 1 saturated heterocycles. The molecule has 3 heterocycles. The number of hydrogen-bond acceptors (Lipinski definition) is 3. The van der Waals surface area contributed by atoms with Crippen LogP contribution in [-0.4, -0.2) is 40.5 Å². The van der Waals surface area contributed by atoms with Gasteiger partial charge in [0, 0.05) is 43.0 Å². The van der Waals surface area contributed by atoms with Crippen molar-refractivity contribution in [1.29, 1.82) is 0 Å². The molecule has 0 spiro atoms. The number of amides is 3. The van der Waals surface area contributed by atoms with Gasteiger partial charge in [-0.1, -0.05) is 32.0 Å². The number of nitrogens with zero attached hydrogens (tertiary/aromatic N) is 2. The molecular formula is C25H32N4O3. The Labute approximate surface area is 188 Å². The Kier molecular flexibility index (Phi) is 6.09. The van der Waals surface area contributed by atoms with Crippen molar-refractivity contribution in [2.75, 3.05) is 18.4 Å². The van der Waals surface area contributed by atoms with Crippen LogP contribution in [0.3, 0.4) is 0 Å². The molecule has 0 saturated carbocycles. The van der Waals surface area contributed by atoms with Crippen LogP contribution in [-0.2, 0) is 11.3 Å². The van der Waals surface area contributed by atoms with Crippen molar-refractivity contribution < 1.29 is 9.59 Å². The van der Waals surface area contributed by atoms with Crippen LogP contribution in [0.4, 0.5) is 10.5 Å². The largest absolute Gasteiger partial charge is 0.326 e. The maximum Gasteiger partial charge on any atom is 0.318 e. The molecule has 1 aromatic heterocycles. The number of piperidine rings is 1. The van der Waals surface area contributed by atoms with Crippen molar-refractivity contribution in [3.8, 4) is 0 Å². The van der Waals surface area contributed by atoms with Crippen LogP contribution in [0.15, 0.2) is 41.2 Å². The summed E-state index contributed by atoms with van der Waals surface area (Å²) in [6.07, 6.45) is 0.980. The van der Waals surface area contributed by atoms with Crippen LogP contribution < -0.4 is 16.2 Å². The lowest BCUT2D eigenvalue weighted by atomic mass is 9.83. The van der Waals surface area contributed by atoms with Crippen LogP contribution in [0.5, 0.6) is 0 Å². The average Bonchev–Trinajstić information content (AvgIpc) is 2.75. The van der Waals surface area contributed by atoms with E-state index in [1.165, 1.54) is 0 Å². The number of benzene rings is 1. The molecule has 0 radical (unpaired) electrons. The third-order valence-electron chi connectivity index (χ3n) is 6.86. The van der Waals surface area contributed by atoms with Gasteiger partial charge in [0.05, 0.1) is 0 Å². The van der Waals surface area contributed by atoms with Crippen LogP contribution in [0.25, 0.3) is 0 Å². The SMILES string of the molecule is Cc1cccc(NC(=O)[C@@H](NC(=O)N2C[C@@H]3C[C@@H](C2)c2cccc(=O)n2C3)C(C)C)c1C. The summed E-state index contributed by atoms with van der Waals surface area (Å²) < 4.78 is 1.85. The van der Waals surface area contributed by atoms with E-state index < -0.39 is 6.04 Å². The summed E-state index contributed by atoms with van der Waals surface area (Å²) in [4.78, 5) is 40.3. The van der Waals surface area contributed by atoms with Gasteiger partial charge in [-0.2, -0.15) is 0 Å². The van der Waals surface area contributed by atoms with Crippen molar-refractivity contribution >= 4 is 17.6 Å². The first-order valence-corrected chi connectivity index (χ1v) is 11.4. The number of aryl methyl sites for hydroxylation is 1. The highest BCUT2D eigenvalue weighted by Crippen LogP contribution is 2.35. The van der Waals surface area contributed by atoms with E-state index in [9.17, 15) is 14.4 Å². The van der Waals surface area contributed by atoms with E-state index in [2.05, 4.69) is 10.6 Å². The fourth-order valence-electron chi connectivity index (χ4n) is 4.92. The minimum absolute atomic E-state index is 0.0260. The van der Waals surface area contributed by atoms with E-state index in [0.29, 0.717) is 19.6 Å². The predicted octanol–water partition coefficient (Wildman–Crippen LogP) is 3.26. The topological polar surface area (TPSA) is 83.4 Å². The minimum Gasteiger partial charge on any atom is -0.326 e. The maximum atomic E-state index is 13.2. The van der Waals surface area contributed by atoms with Gasteiger partial charge < -0.3 is 20.1 Å². The van der Waals surface area contributed by atoms with Gasteiger partial charge in [0.15, 0.2) is 0 Å². The van der Waals surface area contributed by atoms with Crippen molar-refractivity contribution in [3.05, 3.63) is 63.6 Å². The van der Waals surface area contributed by atoms with Crippen molar-refractivity contribution in [2.24, 2.45) is 11.8 Å². The molecule has 170 valence electrons. The zero-order chi connectivity index (χ0) is 23.0. The van der Waals surface area contributed by atoms with Gasteiger partial charge in [-0.3, -0.25) is 9.59 Å². The average molecular weight is 437 g/mol. The lowest BCUT2D eigenvalue weighted by Gasteiger charge is -2.43. The Morgan fingerprint density at radius 1 is 1.03 bits per heavy atom. The molecule has 3 atom stereocenters. The van der Waals surface area contributed by atoms with Gasteiger partial charge in [0.25, 0.3) is 5.56 Å². The number of urea groups is 1. The third kappa shape index (κ3) is 4.29. The quantitative estimate of drug-likeness (QED) is 0.772. The number of hydrogen-bond donors (Lipinski definition) is 2. The maximum absolute atomic E-state index is 13.2. The Morgan fingerprint density at radius 2 is 1.78 bits per heavy atom. The van der Waals surface area contributed by atoms with Crippen molar-refractivity contribution in [3.63, 3.8) is 0 Å². The molecule has 1 aromatic carbocycles. The summed E-state index contributed by atoms with van der Waals surface area (Å²) in [5.74, 6) is 0.112. The first kappa shape index (κ1) is 22.1. The Morgan fingerprint density at radius 3 is 2.53 bits per heavy atom. The second kappa shape index (κ2) is 8.81. The second-order valence-electron chi connectivity index (χ2n) is 9.51. The highest BCUT2D eigenvalue weighted by Gasteiger charge is 2.37. The van der Waals surface area contributed by atoms with Crippen LogP contribution in [0, 0.1) is 25.7 Å². The summed E-state index contributed by atoms with van der Waals surface area (Å²) in [5, 5.41) is 5.96. The van der Waals surface area contributed by atoms with Crippen molar-refractivity contribution in [1.82, 2.24) is 14.8 Å². The van der Waals surface area contributed by atoms with Crippen LogP contribution in [0.1, 0.15) is 43.0 Å². The summed E-state index contributed by atoms with van der Waals surface area (Å²) >= 11 is 0. The number of rotatable bonds is 4. The normalized spacial score (nSPS) is 20.5. The molecule has 32 heavy (non-hydrogen) atoms. The molecule has 0 aliphatic carbocycles. The summed E-state index contributed by atoms with van der Waals surface area (Å²) in [6.45, 7) is 9.62. The van der Waals surface area contributed by atoms with Crippen LogP contribution in [0.2, 0.25) is 0 Å². The standard InChI is InChI=1S/C25H32N4O3/c1-15(2)23(24(31)26-20-8-5-7-16(3)17(20)4)27-25(32)28-12-18-11-19(14-28)21-9-6-10-22(30)29(21)13-18/h5-10,15,18-19,23H,11-14H2,1-4H3,(H,26,31)(H,27,32)/t18-,19-,23-/m0/s1. The molecular weight excluding hydrogens is 404 g/mol. The third-order valence-corrected chi connectivity index (χ3v) is 6.86. The van der Waals surface area contributed by atoms with E-state index in [0.717, 1.165) is 28.9 Å². The lowest BCUT2D eigenvalue weighted by Crippen LogP contribution is -2.56. The number of carbonyl (C=O) groups is 2. The van der Waals surface area contributed by atoms with Gasteiger partial charge in [-0.25, -0.2) is 4.79 Å². The zero-order valence-corrected chi connectivity index (χ0v) is 19.2. The van der Waals surface area contributed by atoms with E-state index in [-0.39, 0.29) is 35.3 Å². The number of pyridine rings is 1. The summed E-state index contributed by atoms with van der Waals surface area (Å²) in [6, 6.07) is 10.3. The van der Waals surface area contributed by atoms with Gasteiger partial charge >= 0.3 is 6.03 Å². The molecule has 2 aromatic rings. The van der Waals surface area contributed by atoms with E-state index in [1.54, 1.807) is 17.0 Å². The number of nitrogens with one attached hydrogen (secondary N) is 2. The Balaban J connectivity index is 1.46. The molecule has 2 N–H and O–H groups in total. The highest BCUT2D eigenvalue weighted by molar-refractivity contribution is 5.97. The number of anilines is 1. The molecule has 4 rings (SSSR count). The van der Waals surface area contributed by atoms with Crippen LogP contribution >= 0.6 is 0 Å². The Bertz CT molecular complexity index is 1090. The van der Waals surface area contributed by atoms with Gasteiger partial charge in [-0.15, -0.1) is 0 Å². The predicted molar refractivity (Wildman–Crippen MR) is 125 cm³/mol. The number of fused-ring (bicyclic) bond motifs is 4. The molecule has 7 heteroatoms. The van der Waals surface area contributed by atoms with Gasteiger partial charge in [0.2, 0.25) is 5.91 Å². The second-order valence-corrected chi connectivity index (χ2v) is 9.51. The Hall–Kier alpha value is -3.09. The molecule has 2 bridgehead atoms. The number of likely N-dealkylation sites (tertiary alicyclic amines) is 1. The first-order chi connectivity index (χ1) is 15.2. The molecule has 2 aliphatic rings. The fourth-order valence-corrected chi connectivity index (χ4v) is 4.92. The van der Waals surface area contributed by atoms with E-state index in [1.807, 2.05) is 56.5 Å². The molecule has 3 amide bonds. The highest BCUT2D eigenvalue weighted by atomic mass is 16.2. The fraction of sp³-hybridized carbons (Fsp3) is 0.480. The molecule has 1 fully saturated rings. The summed E-state index contributed by atoms with van der Waals surface area (Å²) in [5.41, 5.74) is 3.92. The van der Waals surface area contributed by atoms with Crippen molar-refractivity contribution in [2.45, 2.75) is 52.6 Å². The van der Waals surface area contributed by atoms with Gasteiger partial charge in [0.1, 0.15) is 6.04 Å². The molecule has 0 unspecified atom stereocenters. The van der Waals surface area contributed by atoms with E-state index >= 15 is 0 Å². The summed E-state index contributed by atoms with van der Waals surface area (Å²) in [7, 11) is 0. The zero-order valence-electron chi connectivity index (χ0n) is 19.2. The molecule has 2 aliphatic heterocycles. The lowest BCUT2D eigenvalue weighted by molar-refractivity contribution is -0.118. The number of aromatic nitrogens is 1. The molecule has 7 nitrogen and oxygen atoms in total.